The van der Waals surface area contributed by atoms with Gasteiger partial charge in [-0.05, 0) is 48.4 Å². The average Bonchev–Trinajstić information content (AvgIpc) is 3.45. The topological polar surface area (TPSA) is 58.9 Å². The zero-order valence-electron chi connectivity index (χ0n) is 17.9. The molecule has 162 valence electrons. The second-order valence-corrected chi connectivity index (χ2v) is 8.19. The highest BCUT2D eigenvalue weighted by molar-refractivity contribution is 5.94. The van der Waals surface area contributed by atoms with Crippen molar-refractivity contribution in [2.45, 2.75) is 25.6 Å². The fourth-order valence-corrected chi connectivity index (χ4v) is 4.12. The van der Waals surface area contributed by atoms with Crippen LogP contribution in [-0.4, -0.2) is 39.3 Å². The molecule has 6 nitrogen and oxygen atoms in total. The molecule has 2 aromatic heterocycles. The van der Waals surface area contributed by atoms with Gasteiger partial charge in [0.05, 0.1) is 5.69 Å². The molecule has 1 aliphatic rings. The Morgan fingerprint density at radius 3 is 2.66 bits per heavy atom. The van der Waals surface area contributed by atoms with Crippen molar-refractivity contribution in [1.29, 1.82) is 0 Å². The standard InChI is InChI=1S/C26H26N4O2/c31-26(28-22-13-15-29(17-22)16-20-6-2-1-3-7-20)21-9-11-24(12-10-21)32-19-23-18-30-14-5-4-8-25(30)27-23/h1-12,14,18,22H,13,15-17,19H2,(H,28,31)/t22-/m0/s1. The Morgan fingerprint density at radius 2 is 1.84 bits per heavy atom. The van der Waals surface area contributed by atoms with Crippen molar-refractivity contribution in [2.24, 2.45) is 0 Å². The fraction of sp³-hybridized carbons (Fsp3) is 0.231. The molecule has 1 N–H and O–H groups in total. The number of ether oxygens (including phenoxy) is 1. The van der Waals surface area contributed by atoms with Crippen LogP contribution < -0.4 is 10.1 Å². The number of pyridine rings is 1. The zero-order chi connectivity index (χ0) is 21.8. The fourth-order valence-electron chi connectivity index (χ4n) is 4.12. The molecule has 0 spiro atoms. The first-order valence-electron chi connectivity index (χ1n) is 11.0. The van der Waals surface area contributed by atoms with Crippen molar-refractivity contribution in [3.63, 3.8) is 0 Å². The van der Waals surface area contributed by atoms with E-state index in [4.69, 9.17) is 4.74 Å². The van der Waals surface area contributed by atoms with Crippen LogP contribution in [0.25, 0.3) is 5.65 Å². The number of rotatable bonds is 7. The second kappa shape index (κ2) is 9.24. The first-order valence-corrected chi connectivity index (χ1v) is 11.0. The molecule has 3 heterocycles. The van der Waals surface area contributed by atoms with Gasteiger partial charge in [0.1, 0.15) is 18.0 Å². The molecular formula is C26H26N4O2. The van der Waals surface area contributed by atoms with E-state index < -0.39 is 0 Å². The third-order valence-corrected chi connectivity index (χ3v) is 5.77. The smallest absolute Gasteiger partial charge is 0.251 e. The third kappa shape index (κ3) is 4.81. The number of aromatic nitrogens is 2. The molecule has 32 heavy (non-hydrogen) atoms. The lowest BCUT2D eigenvalue weighted by Gasteiger charge is -2.17. The van der Waals surface area contributed by atoms with Gasteiger partial charge in [0.2, 0.25) is 0 Å². The Bertz CT molecular complexity index is 1150. The van der Waals surface area contributed by atoms with E-state index >= 15 is 0 Å². The summed E-state index contributed by atoms with van der Waals surface area (Å²) < 4.78 is 7.81. The number of benzene rings is 2. The molecule has 2 aromatic carbocycles. The Kier molecular flexibility index (Phi) is 5.85. The van der Waals surface area contributed by atoms with Crippen LogP contribution in [-0.2, 0) is 13.2 Å². The number of nitrogens with one attached hydrogen (secondary N) is 1. The van der Waals surface area contributed by atoms with Gasteiger partial charge in [0.15, 0.2) is 0 Å². The molecule has 1 amide bonds. The molecule has 1 saturated heterocycles. The minimum absolute atomic E-state index is 0.0385. The molecule has 0 radical (unpaired) electrons. The molecule has 1 fully saturated rings. The summed E-state index contributed by atoms with van der Waals surface area (Å²) in [5.74, 6) is 0.678. The van der Waals surface area contributed by atoms with Crippen molar-refractivity contribution < 1.29 is 9.53 Å². The Labute approximate surface area is 187 Å². The van der Waals surface area contributed by atoms with Crippen LogP contribution in [0, 0.1) is 0 Å². The van der Waals surface area contributed by atoms with Crippen molar-refractivity contribution >= 4 is 11.6 Å². The van der Waals surface area contributed by atoms with Gasteiger partial charge in [-0.3, -0.25) is 9.69 Å². The van der Waals surface area contributed by atoms with E-state index in [2.05, 4.69) is 39.5 Å². The highest BCUT2D eigenvalue weighted by Crippen LogP contribution is 2.17. The quantitative estimate of drug-likeness (QED) is 0.487. The highest BCUT2D eigenvalue weighted by atomic mass is 16.5. The summed E-state index contributed by atoms with van der Waals surface area (Å²) in [6.07, 6.45) is 4.89. The van der Waals surface area contributed by atoms with E-state index in [-0.39, 0.29) is 11.9 Å². The van der Waals surface area contributed by atoms with E-state index in [9.17, 15) is 4.79 Å². The largest absolute Gasteiger partial charge is 0.487 e. The second-order valence-electron chi connectivity index (χ2n) is 8.19. The van der Waals surface area contributed by atoms with Crippen molar-refractivity contribution in [3.05, 3.63) is 102 Å². The van der Waals surface area contributed by atoms with Crippen molar-refractivity contribution in [3.8, 4) is 5.75 Å². The summed E-state index contributed by atoms with van der Waals surface area (Å²) >= 11 is 0. The maximum atomic E-state index is 12.7. The lowest BCUT2D eigenvalue weighted by atomic mass is 10.2. The summed E-state index contributed by atoms with van der Waals surface area (Å²) in [6.45, 7) is 3.18. The normalized spacial score (nSPS) is 16.3. The van der Waals surface area contributed by atoms with Crippen LogP contribution >= 0.6 is 0 Å². The van der Waals surface area contributed by atoms with E-state index in [1.165, 1.54) is 5.56 Å². The molecule has 1 atom stereocenters. The Hall–Kier alpha value is -3.64. The first-order chi connectivity index (χ1) is 15.7. The predicted molar refractivity (Wildman–Crippen MR) is 124 cm³/mol. The number of hydrogen-bond donors (Lipinski definition) is 1. The SMILES string of the molecule is O=C(N[C@H]1CCN(Cc2ccccc2)C1)c1ccc(OCc2cn3ccccc3n2)cc1. The minimum Gasteiger partial charge on any atom is -0.487 e. The Balaban J connectivity index is 1.11. The van der Waals surface area contributed by atoms with Crippen LogP contribution in [0.2, 0.25) is 0 Å². The predicted octanol–water partition coefficient (Wildman–Crippen LogP) is 3.92. The van der Waals surface area contributed by atoms with E-state index in [1.807, 2.05) is 65.3 Å². The van der Waals surface area contributed by atoms with Gasteiger partial charge in [0, 0.05) is 43.6 Å². The number of imidazole rings is 1. The molecular weight excluding hydrogens is 400 g/mol. The number of amides is 1. The number of carbonyl (C=O) groups is 1. The van der Waals surface area contributed by atoms with Crippen LogP contribution in [0.3, 0.4) is 0 Å². The van der Waals surface area contributed by atoms with Crippen molar-refractivity contribution in [2.75, 3.05) is 13.1 Å². The number of hydrogen-bond acceptors (Lipinski definition) is 4. The maximum Gasteiger partial charge on any atom is 0.251 e. The molecule has 0 aliphatic carbocycles. The van der Waals surface area contributed by atoms with Gasteiger partial charge in [-0.2, -0.15) is 0 Å². The molecule has 6 heteroatoms. The van der Waals surface area contributed by atoms with E-state index in [0.717, 1.165) is 37.4 Å². The number of nitrogens with zero attached hydrogens (tertiary/aromatic N) is 3. The number of fused-ring (bicyclic) bond motifs is 1. The lowest BCUT2D eigenvalue weighted by molar-refractivity contribution is 0.0937. The molecule has 0 bridgehead atoms. The highest BCUT2D eigenvalue weighted by Gasteiger charge is 2.24. The van der Waals surface area contributed by atoms with Crippen LogP contribution in [0.4, 0.5) is 0 Å². The monoisotopic (exact) mass is 426 g/mol. The third-order valence-electron chi connectivity index (χ3n) is 5.77. The van der Waals surface area contributed by atoms with Gasteiger partial charge in [0.25, 0.3) is 5.91 Å². The van der Waals surface area contributed by atoms with Crippen LogP contribution in [0.1, 0.15) is 28.0 Å². The Morgan fingerprint density at radius 1 is 1.03 bits per heavy atom. The first kappa shape index (κ1) is 20.3. The molecule has 4 aromatic rings. The zero-order valence-corrected chi connectivity index (χ0v) is 17.9. The van der Waals surface area contributed by atoms with Gasteiger partial charge in [-0.1, -0.05) is 36.4 Å². The molecule has 5 rings (SSSR count). The summed E-state index contributed by atoms with van der Waals surface area (Å²) in [5, 5.41) is 3.17. The maximum absolute atomic E-state index is 12.7. The van der Waals surface area contributed by atoms with Crippen molar-refractivity contribution in [1.82, 2.24) is 19.6 Å². The lowest BCUT2D eigenvalue weighted by Crippen LogP contribution is -2.36. The molecule has 1 aliphatic heterocycles. The summed E-state index contributed by atoms with van der Waals surface area (Å²) in [7, 11) is 0. The average molecular weight is 427 g/mol. The molecule has 0 saturated carbocycles. The number of likely N-dealkylation sites (tertiary alicyclic amines) is 1. The summed E-state index contributed by atoms with van der Waals surface area (Å²) in [6, 6.07) is 23.8. The van der Waals surface area contributed by atoms with Gasteiger partial charge >= 0.3 is 0 Å². The summed E-state index contributed by atoms with van der Waals surface area (Å²) in [5.41, 5.74) is 3.71. The summed E-state index contributed by atoms with van der Waals surface area (Å²) in [4.78, 5) is 19.6. The number of carbonyl (C=O) groups excluding carboxylic acids is 1. The van der Waals surface area contributed by atoms with Gasteiger partial charge in [-0.15, -0.1) is 0 Å². The van der Waals surface area contributed by atoms with Gasteiger partial charge in [-0.25, -0.2) is 4.98 Å². The van der Waals surface area contributed by atoms with Crippen LogP contribution in [0.15, 0.2) is 85.2 Å². The van der Waals surface area contributed by atoms with E-state index in [1.54, 1.807) is 0 Å². The molecule has 0 unspecified atom stereocenters. The van der Waals surface area contributed by atoms with E-state index in [0.29, 0.717) is 17.9 Å². The minimum atomic E-state index is -0.0385. The van der Waals surface area contributed by atoms with Crippen LogP contribution in [0.5, 0.6) is 5.75 Å². The van der Waals surface area contributed by atoms with Gasteiger partial charge < -0.3 is 14.5 Å².